The summed E-state index contributed by atoms with van der Waals surface area (Å²) in [4.78, 5) is 11.5. The summed E-state index contributed by atoms with van der Waals surface area (Å²) < 4.78 is 60.6. The number of halogens is 4. The van der Waals surface area contributed by atoms with Crippen LogP contribution in [-0.4, -0.2) is 37.4 Å². The Morgan fingerprint density at radius 2 is 1.57 bits per heavy atom. The summed E-state index contributed by atoms with van der Waals surface area (Å²) in [6.45, 7) is 0.555. The molecule has 0 bridgehead atoms. The highest BCUT2D eigenvalue weighted by atomic mass is 19.2. The smallest absolute Gasteiger partial charge is 0.328 e. The van der Waals surface area contributed by atoms with Gasteiger partial charge in [-0.3, -0.25) is 0 Å². The lowest BCUT2D eigenvalue weighted by molar-refractivity contribution is -0.131. The minimum atomic E-state index is -1.63. The van der Waals surface area contributed by atoms with Crippen molar-refractivity contribution in [1.82, 2.24) is 0 Å². The van der Waals surface area contributed by atoms with Crippen LogP contribution >= 0.6 is 0 Å². The van der Waals surface area contributed by atoms with Gasteiger partial charge in [0.15, 0.2) is 23.3 Å². The van der Waals surface area contributed by atoms with E-state index in [1.54, 1.807) is 0 Å². The molecule has 1 fully saturated rings. The average molecular weight is 305 g/mol. The van der Waals surface area contributed by atoms with Gasteiger partial charge in [-0.2, -0.15) is 0 Å². The minimum Gasteiger partial charge on any atom is -0.478 e. The van der Waals surface area contributed by atoms with E-state index >= 15 is 0 Å². The molecule has 1 aliphatic heterocycles. The first-order valence-electron chi connectivity index (χ1n) is 6.03. The number of nitrogens with zero attached hydrogens (tertiary/aromatic N) is 1. The lowest BCUT2D eigenvalue weighted by Gasteiger charge is -2.29. The average Bonchev–Trinajstić information content (AvgIpc) is 2.46. The molecular formula is C13H11F4NO3. The summed E-state index contributed by atoms with van der Waals surface area (Å²) in [5, 5.41) is 8.41. The lowest BCUT2D eigenvalue weighted by atomic mass is 10.1. The highest BCUT2D eigenvalue weighted by Crippen LogP contribution is 2.32. The number of benzene rings is 1. The van der Waals surface area contributed by atoms with E-state index in [1.807, 2.05) is 0 Å². The highest BCUT2D eigenvalue weighted by molar-refractivity contribution is 5.85. The Kier molecular flexibility index (Phi) is 4.46. The molecule has 1 N–H and O–H groups in total. The van der Waals surface area contributed by atoms with Crippen LogP contribution in [0.2, 0.25) is 0 Å². The van der Waals surface area contributed by atoms with Crippen molar-refractivity contribution in [3.63, 3.8) is 0 Å². The van der Waals surface area contributed by atoms with Gasteiger partial charge >= 0.3 is 5.97 Å². The van der Waals surface area contributed by atoms with E-state index in [0.29, 0.717) is 12.2 Å². The first-order chi connectivity index (χ1) is 9.93. The van der Waals surface area contributed by atoms with Crippen molar-refractivity contribution in [2.45, 2.75) is 0 Å². The molecule has 1 saturated heterocycles. The zero-order valence-corrected chi connectivity index (χ0v) is 10.7. The SMILES string of the molecule is O=C(O)C=Cc1c(F)c(F)c(N2CCOCC2)c(F)c1F. The molecule has 1 heterocycles. The summed E-state index contributed by atoms with van der Waals surface area (Å²) in [7, 11) is 0. The minimum absolute atomic E-state index is 0.0943. The zero-order chi connectivity index (χ0) is 15.6. The molecular weight excluding hydrogens is 294 g/mol. The molecule has 0 unspecified atom stereocenters. The van der Waals surface area contributed by atoms with Crippen molar-refractivity contribution in [2.75, 3.05) is 31.2 Å². The summed E-state index contributed by atoms with van der Waals surface area (Å²) in [6, 6.07) is 0. The van der Waals surface area contributed by atoms with Gasteiger partial charge in [0.2, 0.25) is 0 Å². The normalized spacial score (nSPS) is 15.7. The van der Waals surface area contributed by atoms with Gasteiger partial charge in [-0.05, 0) is 6.08 Å². The number of carbonyl (C=O) groups is 1. The molecule has 0 saturated carbocycles. The summed E-state index contributed by atoms with van der Waals surface area (Å²) >= 11 is 0. The fourth-order valence-corrected chi connectivity index (χ4v) is 2.00. The topological polar surface area (TPSA) is 49.8 Å². The number of aliphatic carboxylic acids is 1. The summed E-state index contributed by atoms with van der Waals surface area (Å²) in [5.74, 6) is -7.87. The molecule has 0 radical (unpaired) electrons. The molecule has 0 atom stereocenters. The molecule has 2 rings (SSSR count). The van der Waals surface area contributed by atoms with Gasteiger partial charge in [-0.25, -0.2) is 22.4 Å². The van der Waals surface area contributed by atoms with E-state index < -0.39 is 40.5 Å². The van der Waals surface area contributed by atoms with Crippen molar-refractivity contribution in [3.8, 4) is 0 Å². The van der Waals surface area contributed by atoms with Crippen LogP contribution in [0.1, 0.15) is 5.56 Å². The van der Waals surface area contributed by atoms with Crippen LogP contribution in [-0.2, 0) is 9.53 Å². The lowest BCUT2D eigenvalue weighted by Crippen LogP contribution is -2.37. The number of anilines is 1. The van der Waals surface area contributed by atoms with Crippen molar-refractivity contribution >= 4 is 17.7 Å². The van der Waals surface area contributed by atoms with Gasteiger partial charge in [0.1, 0.15) is 5.69 Å². The Morgan fingerprint density at radius 3 is 2.05 bits per heavy atom. The van der Waals surface area contributed by atoms with Crippen molar-refractivity contribution < 1.29 is 32.2 Å². The predicted octanol–water partition coefficient (Wildman–Crippen LogP) is 2.18. The third-order valence-electron chi connectivity index (χ3n) is 2.99. The second-order valence-corrected chi connectivity index (χ2v) is 4.29. The van der Waals surface area contributed by atoms with Crippen LogP contribution in [0.3, 0.4) is 0 Å². The van der Waals surface area contributed by atoms with Gasteiger partial charge in [0.25, 0.3) is 0 Å². The second-order valence-electron chi connectivity index (χ2n) is 4.29. The fraction of sp³-hybridized carbons (Fsp3) is 0.308. The van der Waals surface area contributed by atoms with E-state index in [-0.39, 0.29) is 26.3 Å². The largest absolute Gasteiger partial charge is 0.478 e. The Morgan fingerprint density at radius 1 is 1.05 bits per heavy atom. The molecule has 0 spiro atoms. The summed E-state index contributed by atoms with van der Waals surface area (Å²) in [5.41, 5.74) is -1.87. The monoisotopic (exact) mass is 305 g/mol. The number of hydrogen-bond acceptors (Lipinski definition) is 3. The van der Waals surface area contributed by atoms with E-state index in [0.717, 1.165) is 4.90 Å². The van der Waals surface area contributed by atoms with Gasteiger partial charge in [-0.15, -0.1) is 0 Å². The van der Waals surface area contributed by atoms with E-state index in [9.17, 15) is 22.4 Å². The first-order valence-corrected chi connectivity index (χ1v) is 6.03. The van der Waals surface area contributed by atoms with Crippen molar-refractivity contribution in [3.05, 3.63) is 34.9 Å². The quantitative estimate of drug-likeness (QED) is 0.528. The second kappa shape index (κ2) is 6.13. The van der Waals surface area contributed by atoms with Crippen LogP contribution in [0, 0.1) is 23.3 Å². The molecule has 0 amide bonds. The number of morpholine rings is 1. The maximum absolute atomic E-state index is 14.0. The van der Waals surface area contributed by atoms with Crippen molar-refractivity contribution in [2.24, 2.45) is 0 Å². The Bertz CT molecular complexity index is 569. The van der Waals surface area contributed by atoms with Crippen LogP contribution in [0.25, 0.3) is 6.08 Å². The number of ether oxygens (including phenoxy) is 1. The zero-order valence-electron chi connectivity index (χ0n) is 10.7. The maximum Gasteiger partial charge on any atom is 0.328 e. The molecule has 8 heteroatoms. The van der Waals surface area contributed by atoms with E-state index in [1.165, 1.54) is 0 Å². The third-order valence-corrected chi connectivity index (χ3v) is 2.99. The van der Waals surface area contributed by atoms with Gasteiger partial charge in [0.05, 0.1) is 18.8 Å². The van der Waals surface area contributed by atoms with Gasteiger partial charge in [-0.1, -0.05) is 0 Å². The van der Waals surface area contributed by atoms with Crippen LogP contribution in [0.5, 0.6) is 0 Å². The van der Waals surface area contributed by atoms with Crippen molar-refractivity contribution in [1.29, 1.82) is 0 Å². The Labute approximate surface area is 117 Å². The molecule has 1 aromatic rings. The molecule has 1 aliphatic rings. The highest BCUT2D eigenvalue weighted by Gasteiger charge is 2.28. The summed E-state index contributed by atoms with van der Waals surface area (Å²) in [6.07, 6.45) is 0.872. The van der Waals surface area contributed by atoms with E-state index in [4.69, 9.17) is 9.84 Å². The Hall–Kier alpha value is -2.09. The van der Waals surface area contributed by atoms with Crippen LogP contribution in [0.15, 0.2) is 6.08 Å². The third kappa shape index (κ3) is 2.99. The molecule has 21 heavy (non-hydrogen) atoms. The number of carboxylic acid groups (broad SMARTS) is 1. The van der Waals surface area contributed by atoms with Gasteiger partial charge < -0.3 is 14.7 Å². The standard InChI is InChI=1S/C13H11F4NO3/c14-9-7(1-2-8(19)20)10(15)12(17)13(11(9)16)18-3-5-21-6-4-18/h1-2H,3-6H2,(H,19,20). The first kappa shape index (κ1) is 15.3. The molecule has 1 aromatic carbocycles. The Balaban J connectivity index is 2.52. The van der Waals surface area contributed by atoms with E-state index in [2.05, 4.69) is 0 Å². The van der Waals surface area contributed by atoms with Crippen LogP contribution in [0.4, 0.5) is 23.2 Å². The molecule has 0 aromatic heterocycles. The number of hydrogen-bond donors (Lipinski definition) is 1. The number of rotatable bonds is 3. The fourth-order valence-electron chi connectivity index (χ4n) is 2.00. The van der Waals surface area contributed by atoms with Crippen LogP contribution < -0.4 is 4.90 Å². The molecule has 114 valence electrons. The van der Waals surface area contributed by atoms with Gasteiger partial charge in [0, 0.05) is 19.2 Å². The molecule has 0 aliphatic carbocycles. The maximum atomic E-state index is 14.0. The number of carboxylic acids is 1. The predicted molar refractivity (Wildman–Crippen MR) is 66.0 cm³/mol. The molecule has 4 nitrogen and oxygen atoms in total.